The van der Waals surface area contributed by atoms with Crippen LogP contribution < -0.4 is 10.2 Å². The van der Waals surface area contributed by atoms with E-state index in [0.717, 1.165) is 74.5 Å². The van der Waals surface area contributed by atoms with Crippen LogP contribution in [0.25, 0.3) is 0 Å². The Morgan fingerprint density at radius 2 is 2.06 bits per heavy atom. The average Bonchev–Trinajstić information content (AvgIpc) is 3.19. The molecule has 2 aliphatic rings. The van der Waals surface area contributed by atoms with E-state index < -0.39 is 0 Å². The quantitative estimate of drug-likeness (QED) is 0.686. The van der Waals surface area contributed by atoms with E-state index in [1.54, 1.807) is 0 Å². The molecule has 0 bridgehead atoms. The van der Waals surface area contributed by atoms with E-state index in [-0.39, 0.29) is 12.3 Å². The van der Waals surface area contributed by atoms with Crippen molar-refractivity contribution in [3.05, 3.63) is 46.8 Å². The predicted molar refractivity (Wildman–Crippen MR) is 123 cm³/mol. The fourth-order valence-corrected chi connectivity index (χ4v) is 4.88. The van der Waals surface area contributed by atoms with Gasteiger partial charge < -0.3 is 14.7 Å². The van der Waals surface area contributed by atoms with Crippen LogP contribution in [0.4, 0.5) is 5.69 Å². The number of hydrogen-bond acceptors (Lipinski definition) is 6. The highest BCUT2D eigenvalue weighted by Crippen LogP contribution is 2.31. The molecule has 4 rings (SSSR count). The first-order valence-corrected chi connectivity index (χ1v) is 11.8. The molecule has 1 saturated heterocycles. The van der Waals surface area contributed by atoms with Gasteiger partial charge >= 0.3 is 0 Å². The van der Waals surface area contributed by atoms with Gasteiger partial charge in [0.15, 0.2) is 0 Å². The van der Waals surface area contributed by atoms with Gasteiger partial charge in [-0.05, 0) is 56.7 Å². The predicted octanol–water partition coefficient (Wildman–Crippen LogP) is 3.07. The van der Waals surface area contributed by atoms with Crippen LogP contribution in [0.5, 0.6) is 0 Å². The van der Waals surface area contributed by atoms with E-state index in [9.17, 15) is 10.1 Å². The standard InChI is InChI=1S/C25H33N5O2/c1-3-20-5-4-6-24(23(20)17-26)30-11-9-29(10-12-30)8-7-19-14-21(15-19)27-25(31)16-22-13-18(2)28-32-22/h4-6,13,19,21H,3,7-12,14-16H2,1-2H3,(H,27,31)/t19-,21+. The van der Waals surface area contributed by atoms with Crippen LogP contribution in [-0.2, 0) is 17.6 Å². The summed E-state index contributed by atoms with van der Waals surface area (Å²) in [7, 11) is 0. The number of nitrogens with zero attached hydrogens (tertiary/aromatic N) is 4. The molecule has 1 amide bonds. The van der Waals surface area contributed by atoms with E-state index in [0.29, 0.717) is 17.7 Å². The minimum Gasteiger partial charge on any atom is -0.368 e. The lowest BCUT2D eigenvalue weighted by Gasteiger charge is -2.40. The van der Waals surface area contributed by atoms with E-state index in [1.807, 2.05) is 13.0 Å². The molecule has 0 radical (unpaired) electrons. The molecule has 0 unspecified atom stereocenters. The zero-order valence-electron chi connectivity index (χ0n) is 19.1. The highest BCUT2D eigenvalue weighted by atomic mass is 16.5. The van der Waals surface area contributed by atoms with Gasteiger partial charge in [-0.25, -0.2) is 0 Å². The molecule has 0 atom stereocenters. The normalized spacial score (nSPS) is 21.1. The zero-order chi connectivity index (χ0) is 22.5. The minimum absolute atomic E-state index is 0.0182. The zero-order valence-corrected chi connectivity index (χ0v) is 19.1. The number of aryl methyl sites for hydroxylation is 2. The van der Waals surface area contributed by atoms with Crippen LogP contribution >= 0.6 is 0 Å². The largest absolute Gasteiger partial charge is 0.368 e. The summed E-state index contributed by atoms with van der Waals surface area (Å²) in [5.74, 6) is 1.33. The van der Waals surface area contributed by atoms with E-state index in [2.05, 4.69) is 51.5 Å². The summed E-state index contributed by atoms with van der Waals surface area (Å²) in [6, 6.07) is 10.7. The molecule has 1 saturated carbocycles. The monoisotopic (exact) mass is 435 g/mol. The molecule has 1 aliphatic carbocycles. The van der Waals surface area contributed by atoms with Crippen LogP contribution in [0.15, 0.2) is 28.8 Å². The van der Waals surface area contributed by atoms with E-state index in [4.69, 9.17) is 4.52 Å². The van der Waals surface area contributed by atoms with Gasteiger partial charge in [-0.1, -0.05) is 24.2 Å². The second-order valence-electron chi connectivity index (χ2n) is 9.11. The molecule has 1 aliphatic heterocycles. The summed E-state index contributed by atoms with van der Waals surface area (Å²) in [4.78, 5) is 17.0. The molecule has 2 aromatic rings. The molecule has 1 aromatic carbocycles. The van der Waals surface area contributed by atoms with Gasteiger partial charge in [0.25, 0.3) is 0 Å². The van der Waals surface area contributed by atoms with Gasteiger partial charge in [-0.3, -0.25) is 9.69 Å². The summed E-state index contributed by atoms with van der Waals surface area (Å²) in [5, 5.41) is 16.6. The Bertz CT molecular complexity index is 965. The number of nitriles is 1. The SMILES string of the molecule is CCc1cccc(N2CCN(CC[C@H]3C[C@@H](NC(=O)Cc4cc(C)no4)C3)CC2)c1C#N. The lowest BCUT2D eigenvalue weighted by Crippen LogP contribution is -2.48. The number of rotatable bonds is 8. The number of aromatic nitrogens is 1. The third kappa shape index (κ3) is 5.31. The fraction of sp³-hybridized carbons (Fsp3) is 0.560. The first kappa shape index (κ1) is 22.3. The number of hydrogen-bond donors (Lipinski definition) is 1. The molecule has 1 N–H and O–H groups in total. The molecule has 7 nitrogen and oxygen atoms in total. The van der Waals surface area contributed by atoms with Gasteiger partial charge in [-0.2, -0.15) is 5.26 Å². The van der Waals surface area contributed by atoms with Crippen molar-refractivity contribution >= 4 is 11.6 Å². The maximum Gasteiger partial charge on any atom is 0.227 e. The number of carbonyl (C=O) groups is 1. The fourth-order valence-electron chi connectivity index (χ4n) is 4.88. The van der Waals surface area contributed by atoms with Crippen molar-refractivity contribution in [3.8, 4) is 6.07 Å². The van der Waals surface area contributed by atoms with Crippen LogP contribution in [0.1, 0.15) is 48.8 Å². The van der Waals surface area contributed by atoms with Gasteiger partial charge in [0.05, 0.1) is 23.4 Å². The first-order chi connectivity index (χ1) is 15.6. The van der Waals surface area contributed by atoms with Gasteiger partial charge in [0.2, 0.25) is 5.91 Å². The van der Waals surface area contributed by atoms with Crippen LogP contribution in [0.3, 0.4) is 0 Å². The Labute approximate surface area is 190 Å². The summed E-state index contributed by atoms with van der Waals surface area (Å²) < 4.78 is 5.12. The van der Waals surface area contributed by atoms with Gasteiger partial charge in [-0.15, -0.1) is 0 Å². The summed E-state index contributed by atoms with van der Waals surface area (Å²) in [6.45, 7) is 9.06. The Balaban J connectivity index is 1.15. The Morgan fingerprint density at radius 3 is 2.72 bits per heavy atom. The molecule has 32 heavy (non-hydrogen) atoms. The van der Waals surface area contributed by atoms with E-state index >= 15 is 0 Å². The Hall–Kier alpha value is -2.85. The molecule has 1 aromatic heterocycles. The maximum atomic E-state index is 12.1. The Kier molecular flexibility index (Phi) is 7.11. The van der Waals surface area contributed by atoms with Crippen molar-refractivity contribution < 1.29 is 9.32 Å². The number of nitrogens with one attached hydrogen (secondary N) is 1. The lowest BCUT2D eigenvalue weighted by atomic mass is 9.78. The molecule has 7 heteroatoms. The number of carbonyl (C=O) groups excluding carboxylic acids is 1. The summed E-state index contributed by atoms with van der Waals surface area (Å²) in [6.07, 6.45) is 4.47. The molecular weight excluding hydrogens is 402 g/mol. The van der Waals surface area contributed by atoms with Crippen LogP contribution in [-0.4, -0.2) is 54.7 Å². The third-order valence-corrected chi connectivity index (χ3v) is 6.80. The summed E-state index contributed by atoms with van der Waals surface area (Å²) >= 11 is 0. The van der Waals surface area contributed by atoms with Crippen molar-refractivity contribution in [1.82, 2.24) is 15.4 Å². The average molecular weight is 436 g/mol. The molecule has 170 valence electrons. The highest BCUT2D eigenvalue weighted by molar-refractivity contribution is 5.78. The third-order valence-electron chi connectivity index (χ3n) is 6.80. The maximum absolute atomic E-state index is 12.1. The number of amides is 1. The second-order valence-corrected chi connectivity index (χ2v) is 9.11. The van der Waals surface area contributed by atoms with Gasteiger partial charge in [0, 0.05) is 38.3 Å². The van der Waals surface area contributed by atoms with Crippen molar-refractivity contribution in [2.75, 3.05) is 37.6 Å². The number of benzene rings is 1. The van der Waals surface area contributed by atoms with Crippen molar-refractivity contribution in [3.63, 3.8) is 0 Å². The Morgan fingerprint density at radius 1 is 1.28 bits per heavy atom. The van der Waals surface area contributed by atoms with Crippen LogP contribution in [0.2, 0.25) is 0 Å². The van der Waals surface area contributed by atoms with Crippen molar-refractivity contribution in [1.29, 1.82) is 5.26 Å². The molecular formula is C25H33N5O2. The molecule has 2 fully saturated rings. The minimum atomic E-state index is 0.0182. The van der Waals surface area contributed by atoms with Crippen molar-refractivity contribution in [2.24, 2.45) is 5.92 Å². The van der Waals surface area contributed by atoms with Gasteiger partial charge in [0.1, 0.15) is 11.8 Å². The topological polar surface area (TPSA) is 85.4 Å². The first-order valence-electron chi connectivity index (χ1n) is 11.8. The smallest absolute Gasteiger partial charge is 0.227 e. The molecule has 2 heterocycles. The molecule has 0 spiro atoms. The van der Waals surface area contributed by atoms with Crippen LogP contribution in [0, 0.1) is 24.2 Å². The van der Waals surface area contributed by atoms with Crippen molar-refractivity contribution in [2.45, 2.75) is 52.0 Å². The highest BCUT2D eigenvalue weighted by Gasteiger charge is 2.31. The van der Waals surface area contributed by atoms with E-state index in [1.165, 1.54) is 6.42 Å². The summed E-state index contributed by atoms with van der Waals surface area (Å²) in [5.41, 5.74) is 3.86. The lowest BCUT2D eigenvalue weighted by molar-refractivity contribution is -0.122. The second kappa shape index (κ2) is 10.2. The number of anilines is 1. The number of piperazine rings is 1.